The predicted octanol–water partition coefficient (Wildman–Crippen LogP) is -0.0638. The van der Waals surface area contributed by atoms with Crippen LogP contribution in [0, 0.1) is 0 Å². The number of aromatic nitrogens is 2. The van der Waals surface area contributed by atoms with Gasteiger partial charge in [-0.2, -0.15) is 0 Å². The van der Waals surface area contributed by atoms with Crippen molar-refractivity contribution in [1.82, 2.24) is 14.9 Å². The molecule has 4 nitrogen and oxygen atoms in total. The number of aliphatic hydroxyl groups is 1. The number of imidazole rings is 1. The van der Waals surface area contributed by atoms with Gasteiger partial charge in [-0.15, -0.1) is 0 Å². The molecule has 0 saturated carbocycles. The summed E-state index contributed by atoms with van der Waals surface area (Å²) in [5, 5.41) is 11.3. The van der Waals surface area contributed by atoms with Crippen molar-refractivity contribution in [2.75, 3.05) is 26.2 Å². The van der Waals surface area contributed by atoms with E-state index in [-0.39, 0.29) is 6.61 Å². The maximum atomic E-state index is 8.94. The number of hydrogen-bond donors (Lipinski definition) is 2. The van der Waals surface area contributed by atoms with Gasteiger partial charge in [0.2, 0.25) is 0 Å². The van der Waals surface area contributed by atoms with Crippen LogP contribution >= 0.6 is 0 Å². The number of aromatic amines is 1. The molecule has 1 saturated heterocycles. The maximum absolute atomic E-state index is 8.94. The Morgan fingerprint density at radius 2 is 2.06 bits per heavy atom. The van der Waals surface area contributed by atoms with Gasteiger partial charge in [0.15, 0.2) is 0 Å². The van der Waals surface area contributed by atoms with Crippen LogP contribution < -0.4 is 10.7 Å². The Balaban J connectivity index is 1.72. The normalized spacial score (nSPS) is 21.2. The van der Waals surface area contributed by atoms with Gasteiger partial charge in [0.25, 0.3) is 0 Å². The summed E-state index contributed by atoms with van der Waals surface area (Å²) in [5.41, 5.74) is 0. The van der Waals surface area contributed by atoms with Crippen molar-refractivity contribution in [2.24, 2.45) is 0 Å². The standard InChI is InChI=1S/C14H21N3O/c18-10-9-17-7-5-11(6-8-17)14-15-12-3-1-2-4-13(12)16-14/h3-4,11,18H,1-2,5-10H2,(H,15,16). The Kier molecular flexibility index (Phi) is 3.48. The third-order valence-electron chi connectivity index (χ3n) is 4.02. The fourth-order valence-corrected chi connectivity index (χ4v) is 2.94. The lowest BCUT2D eigenvalue weighted by Gasteiger charge is -2.30. The highest BCUT2D eigenvalue weighted by atomic mass is 16.3. The maximum Gasteiger partial charge on any atom is 0.110 e. The van der Waals surface area contributed by atoms with Crippen LogP contribution in [0.2, 0.25) is 0 Å². The van der Waals surface area contributed by atoms with Crippen LogP contribution in [0.4, 0.5) is 0 Å². The lowest BCUT2D eigenvalue weighted by Crippen LogP contribution is -2.35. The molecule has 0 amide bonds. The average Bonchev–Trinajstić information content (AvgIpc) is 2.84. The second-order valence-electron chi connectivity index (χ2n) is 5.25. The molecule has 1 fully saturated rings. The summed E-state index contributed by atoms with van der Waals surface area (Å²) in [6, 6.07) is 0. The van der Waals surface area contributed by atoms with E-state index in [0.29, 0.717) is 5.92 Å². The minimum Gasteiger partial charge on any atom is -0.395 e. The Morgan fingerprint density at radius 3 is 2.78 bits per heavy atom. The van der Waals surface area contributed by atoms with Gasteiger partial charge in [0.05, 0.1) is 17.3 Å². The van der Waals surface area contributed by atoms with Crippen LogP contribution in [0.25, 0.3) is 12.2 Å². The molecule has 0 aromatic carbocycles. The number of fused-ring (bicyclic) bond motifs is 1. The third-order valence-corrected chi connectivity index (χ3v) is 4.02. The van der Waals surface area contributed by atoms with Crippen LogP contribution in [0.3, 0.4) is 0 Å². The molecule has 0 radical (unpaired) electrons. The topological polar surface area (TPSA) is 52.1 Å². The number of aliphatic hydroxyl groups excluding tert-OH is 1. The first-order valence-corrected chi connectivity index (χ1v) is 6.96. The number of β-amino-alcohol motifs (C(OH)–C–C–N with tert-alkyl or cyclic N) is 1. The van der Waals surface area contributed by atoms with Crippen molar-refractivity contribution in [2.45, 2.75) is 31.6 Å². The molecule has 3 rings (SSSR count). The first kappa shape index (κ1) is 11.9. The quantitative estimate of drug-likeness (QED) is 0.786. The van der Waals surface area contributed by atoms with E-state index in [1.807, 2.05) is 0 Å². The summed E-state index contributed by atoms with van der Waals surface area (Å²) < 4.78 is 0. The molecule has 1 aromatic heterocycles. The fraction of sp³-hybridized carbons (Fsp3) is 0.643. The first-order chi connectivity index (χ1) is 8.86. The molecule has 0 unspecified atom stereocenters. The Bertz CT molecular complexity index is 478. The van der Waals surface area contributed by atoms with E-state index in [0.717, 1.165) is 56.5 Å². The third kappa shape index (κ3) is 2.35. The van der Waals surface area contributed by atoms with Crippen LogP contribution in [0.5, 0.6) is 0 Å². The highest BCUT2D eigenvalue weighted by Crippen LogP contribution is 2.24. The summed E-state index contributed by atoms with van der Waals surface area (Å²) in [7, 11) is 0. The number of likely N-dealkylation sites (tertiary alicyclic amines) is 1. The van der Waals surface area contributed by atoms with Gasteiger partial charge in [0, 0.05) is 12.5 Å². The molecular formula is C14H21N3O. The van der Waals surface area contributed by atoms with Crippen LogP contribution in [0.1, 0.15) is 37.4 Å². The predicted molar refractivity (Wildman–Crippen MR) is 71.5 cm³/mol. The summed E-state index contributed by atoms with van der Waals surface area (Å²) in [6.45, 7) is 3.22. The minimum atomic E-state index is 0.267. The van der Waals surface area contributed by atoms with Crippen molar-refractivity contribution < 1.29 is 5.11 Å². The van der Waals surface area contributed by atoms with Crippen molar-refractivity contribution >= 4 is 12.2 Å². The molecule has 1 aromatic rings. The lowest BCUT2D eigenvalue weighted by atomic mass is 9.96. The van der Waals surface area contributed by atoms with Gasteiger partial charge in [0.1, 0.15) is 5.82 Å². The highest BCUT2D eigenvalue weighted by molar-refractivity contribution is 5.33. The zero-order valence-corrected chi connectivity index (χ0v) is 10.7. The van der Waals surface area contributed by atoms with Gasteiger partial charge in [-0.05, 0) is 38.8 Å². The van der Waals surface area contributed by atoms with E-state index in [9.17, 15) is 0 Å². The van der Waals surface area contributed by atoms with Crippen molar-refractivity contribution in [3.8, 4) is 0 Å². The average molecular weight is 247 g/mol. The first-order valence-electron chi connectivity index (χ1n) is 6.96. The number of H-pyrrole nitrogens is 1. The van der Waals surface area contributed by atoms with Gasteiger partial charge >= 0.3 is 0 Å². The zero-order valence-electron chi connectivity index (χ0n) is 10.7. The second-order valence-corrected chi connectivity index (χ2v) is 5.25. The van der Waals surface area contributed by atoms with Gasteiger partial charge in [-0.1, -0.05) is 12.2 Å². The van der Waals surface area contributed by atoms with Crippen molar-refractivity contribution in [3.05, 3.63) is 16.5 Å². The van der Waals surface area contributed by atoms with E-state index >= 15 is 0 Å². The summed E-state index contributed by atoms with van der Waals surface area (Å²) in [5.74, 6) is 1.73. The SMILES string of the molecule is OCCN1CCC(c2nc3c([nH]2)=CCCC=3)CC1. The van der Waals surface area contributed by atoms with Crippen LogP contribution in [-0.2, 0) is 0 Å². The molecule has 98 valence electrons. The van der Waals surface area contributed by atoms with Crippen LogP contribution in [-0.4, -0.2) is 46.2 Å². The van der Waals surface area contributed by atoms with Gasteiger partial charge < -0.3 is 15.0 Å². The Morgan fingerprint density at radius 1 is 1.28 bits per heavy atom. The van der Waals surface area contributed by atoms with E-state index < -0.39 is 0 Å². The molecule has 2 heterocycles. The Hall–Kier alpha value is -1.13. The van der Waals surface area contributed by atoms with Crippen LogP contribution in [0.15, 0.2) is 0 Å². The molecule has 2 aliphatic rings. The molecule has 18 heavy (non-hydrogen) atoms. The lowest BCUT2D eigenvalue weighted by molar-refractivity contribution is 0.163. The van der Waals surface area contributed by atoms with Crippen molar-refractivity contribution in [3.63, 3.8) is 0 Å². The number of hydrogen-bond acceptors (Lipinski definition) is 3. The molecular weight excluding hydrogens is 226 g/mol. The number of nitrogens with one attached hydrogen (secondary N) is 1. The van der Waals surface area contributed by atoms with Gasteiger partial charge in [-0.3, -0.25) is 0 Å². The Labute approximate surface area is 107 Å². The fourth-order valence-electron chi connectivity index (χ4n) is 2.94. The van der Waals surface area contributed by atoms with E-state index in [2.05, 4.69) is 22.0 Å². The number of piperidine rings is 1. The molecule has 0 atom stereocenters. The monoisotopic (exact) mass is 247 g/mol. The molecule has 1 aliphatic heterocycles. The van der Waals surface area contributed by atoms with E-state index in [1.165, 1.54) is 5.35 Å². The molecule has 0 spiro atoms. The van der Waals surface area contributed by atoms with Crippen molar-refractivity contribution in [1.29, 1.82) is 0 Å². The molecule has 2 N–H and O–H groups in total. The van der Waals surface area contributed by atoms with E-state index in [1.54, 1.807) is 0 Å². The smallest absolute Gasteiger partial charge is 0.110 e. The minimum absolute atomic E-state index is 0.267. The highest BCUT2D eigenvalue weighted by Gasteiger charge is 2.22. The zero-order chi connectivity index (χ0) is 12.4. The molecule has 0 bridgehead atoms. The summed E-state index contributed by atoms with van der Waals surface area (Å²) in [6.07, 6.45) is 9.03. The number of rotatable bonds is 3. The number of nitrogens with zero attached hydrogens (tertiary/aromatic N) is 2. The molecule has 4 heteroatoms. The summed E-state index contributed by atoms with van der Waals surface area (Å²) in [4.78, 5) is 10.6. The summed E-state index contributed by atoms with van der Waals surface area (Å²) >= 11 is 0. The largest absolute Gasteiger partial charge is 0.395 e. The molecule has 1 aliphatic carbocycles. The van der Waals surface area contributed by atoms with E-state index in [4.69, 9.17) is 10.1 Å². The van der Waals surface area contributed by atoms with Gasteiger partial charge in [-0.25, -0.2) is 4.98 Å². The second kappa shape index (κ2) is 5.24.